The number of carbonyl (C=O) groups excluding carboxylic acids is 1. The molecule has 0 amide bonds. The van der Waals surface area contributed by atoms with Crippen LogP contribution in [0.25, 0.3) is 0 Å². The molecule has 2 rings (SSSR count). The molecular weight excluding hydrogens is 406 g/mol. The van der Waals surface area contributed by atoms with Crippen LogP contribution in [-0.2, 0) is 26.1 Å². The van der Waals surface area contributed by atoms with Gasteiger partial charge in [-0.3, -0.25) is 4.79 Å². The molecule has 2 aromatic carbocycles. The van der Waals surface area contributed by atoms with Gasteiger partial charge in [-0.15, -0.1) is 0 Å². The predicted molar refractivity (Wildman–Crippen MR) is 99.4 cm³/mol. The lowest BCUT2D eigenvalue weighted by Gasteiger charge is -2.22. The molecule has 0 radical (unpaired) electrons. The van der Waals surface area contributed by atoms with Crippen molar-refractivity contribution < 1.29 is 17.9 Å². The first kappa shape index (κ1) is 19.6. The third-order valence-corrected chi connectivity index (χ3v) is 5.91. The first-order valence-electron chi connectivity index (χ1n) is 7.88. The standard InChI is InChI=1S/C18H20BrNO4S/c1-2-24-18(21)12-13-20(14-15-6-4-3-5-7-15)25(22,23)17-10-8-16(19)9-11-17/h3-11H,2,12-14H2,1H3. The van der Waals surface area contributed by atoms with Crippen molar-refractivity contribution in [1.82, 2.24) is 4.31 Å². The third-order valence-electron chi connectivity index (χ3n) is 3.52. The van der Waals surface area contributed by atoms with Crippen LogP contribution >= 0.6 is 15.9 Å². The Bertz CT molecular complexity index is 792. The molecule has 0 aliphatic rings. The van der Waals surface area contributed by atoms with Gasteiger partial charge in [-0.25, -0.2) is 8.42 Å². The highest BCUT2D eigenvalue weighted by Gasteiger charge is 2.25. The Hall–Kier alpha value is -1.70. The zero-order valence-electron chi connectivity index (χ0n) is 13.9. The lowest BCUT2D eigenvalue weighted by molar-refractivity contribution is -0.143. The highest BCUT2D eigenvalue weighted by Crippen LogP contribution is 2.21. The highest BCUT2D eigenvalue weighted by atomic mass is 79.9. The average Bonchev–Trinajstić information content (AvgIpc) is 2.60. The van der Waals surface area contributed by atoms with E-state index in [0.29, 0.717) is 0 Å². The smallest absolute Gasteiger partial charge is 0.307 e. The van der Waals surface area contributed by atoms with Gasteiger partial charge in [0.05, 0.1) is 17.9 Å². The molecule has 134 valence electrons. The Balaban J connectivity index is 2.25. The van der Waals surface area contributed by atoms with Crippen LogP contribution in [0.2, 0.25) is 0 Å². The van der Waals surface area contributed by atoms with Gasteiger partial charge < -0.3 is 4.74 Å². The van der Waals surface area contributed by atoms with E-state index in [1.165, 1.54) is 4.31 Å². The van der Waals surface area contributed by atoms with Gasteiger partial charge in [0, 0.05) is 17.6 Å². The zero-order valence-corrected chi connectivity index (χ0v) is 16.3. The Morgan fingerprint density at radius 2 is 1.72 bits per heavy atom. The van der Waals surface area contributed by atoms with E-state index in [-0.39, 0.29) is 31.0 Å². The molecule has 0 bridgehead atoms. The summed E-state index contributed by atoms with van der Waals surface area (Å²) in [7, 11) is -3.72. The largest absolute Gasteiger partial charge is 0.466 e. The molecule has 25 heavy (non-hydrogen) atoms. The summed E-state index contributed by atoms with van der Waals surface area (Å²) in [5.41, 5.74) is 0.854. The molecule has 0 unspecified atom stereocenters. The van der Waals surface area contributed by atoms with E-state index in [0.717, 1.165) is 10.0 Å². The van der Waals surface area contributed by atoms with Crippen molar-refractivity contribution in [2.45, 2.75) is 24.8 Å². The van der Waals surface area contributed by atoms with E-state index in [9.17, 15) is 13.2 Å². The van der Waals surface area contributed by atoms with Crippen LogP contribution in [0.15, 0.2) is 64.0 Å². The summed E-state index contributed by atoms with van der Waals surface area (Å²) >= 11 is 3.30. The number of esters is 1. The first-order valence-corrected chi connectivity index (χ1v) is 10.1. The summed E-state index contributed by atoms with van der Waals surface area (Å²) in [6, 6.07) is 15.7. The van der Waals surface area contributed by atoms with Gasteiger partial charge in [0.1, 0.15) is 0 Å². The number of rotatable bonds is 8. The summed E-state index contributed by atoms with van der Waals surface area (Å²) in [5.74, 6) is -0.411. The monoisotopic (exact) mass is 425 g/mol. The molecule has 0 fully saturated rings. The summed E-state index contributed by atoms with van der Waals surface area (Å²) in [4.78, 5) is 11.8. The fraction of sp³-hybridized carbons (Fsp3) is 0.278. The van der Waals surface area contributed by atoms with Crippen molar-refractivity contribution >= 4 is 31.9 Å². The van der Waals surface area contributed by atoms with Gasteiger partial charge in [0.25, 0.3) is 0 Å². The molecule has 7 heteroatoms. The molecule has 0 spiro atoms. The number of hydrogen-bond acceptors (Lipinski definition) is 4. The van der Waals surface area contributed by atoms with Gasteiger partial charge in [-0.05, 0) is 36.8 Å². The maximum Gasteiger partial charge on any atom is 0.307 e. The third kappa shape index (κ3) is 5.66. The van der Waals surface area contributed by atoms with Crippen molar-refractivity contribution in [2.24, 2.45) is 0 Å². The Labute approximate surface area is 156 Å². The van der Waals surface area contributed by atoms with Crippen LogP contribution in [-0.4, -0.2) is 31.8 Å². The van der Waals surface area contributed by atoms with E-state index < -0.39 is 16.0 Å². The maximum atomic E-state index is 13.0. The quantitative estimate of drug-likeness (QED) is 0.606. The second-order valence-corrected chi connectivity index (χ2v) is 8.19. The minimum atomic E-state index is -3.72. The molecule has 5 nitrogen and oxygen atoms in total. The van der Waals surface area contributed by atoms with Crippen molar-refractivity contribution in [3.8, 4) is 0 Å². The average molecular weight is 426 g/mol. The fourth-order valence-corrected chi connectivity index (χ4v) is 3.97. The topological polar surface area (TPSA) is 63.7 Å². The molecule has 2 aromatic rings. The lowest BCUT2D eigenvalue weighted by atomic mass is 10.2. The van der Waals surface area contributed by atoms with Gasteiger partial charge >= 0.3 is 5.97 Å². The zero-order chi connectivity index (χ0) is 18.3. The highest BCUT2D eigenvalue weighted by molar-refractivity contribution is 9.10. The molecule has 0 N–H and O–H groups in total. The number of nitrogens with zero attached hydrogens (tertiary/aromatic N) is 1. The summed E-state index contributed by atoms with van der Waals surface area (Å²) < 4.78 is 33.0. The minimum absolute atomic E-state index is 0.0103. The molecule has 0 aromatic heterocycles. The predicted octanol–water partition coefficient (Wildman–Crippen LogP) is 3.59. The SMILES string of the molecule is CCOC(=O)CCN(Cc1ccccc1)S(=O)(=O)c1ccc(Br)cc1. The first-order chi connectivity index (χ1) is 11.9. The Morgan fingerprint density at radius 3 is 2.32 bits per heavy atom. The van der Waals surface area contributed by atoms with Gasteiger partial charge in [0.2, 0.25) is 10.0 Å². The molecule has 0 aliphatic carbocycles. The number of halogens is 1. The van der Waals surface area contributed by atoms with Crippen LogP contribution < -0.4 is 0 Å². The molecule has 0 saturated heterocycles. The molecule has 0 saturated carbocycles. The fourth-order valence-electron chi connectivity index (χ4n) is 2.28. The second kappa shape index (κ2) is 9.12. The number of ether oxygens (including phenoxy) is 1. The van der Waals surface area contributed by atoms with Crippen molar-refractivity contribution in [3.05, 3.63) is 64.6 Å². The van der Waals surface area contributed by atoms with Gasteiger partial charge in [-0.2, -0.15) is 4.31 Å². The van der Waals surface area contributed by atoms with Crippen LogP contribution in [0, 0.1) is 0 Å². The van der Waals surface area contributed by atoms with Crippen LogP contribution in [0.3, 0.4) is 0 Å². The van der Waals surface area contributed by atoms with Crippen LogP contribution in [0.4, 0.5) is 0 Å². The normalized spacial score (nSPS) is 11.5. The molecular formula is C18H20BrNO4S. The molecule has 0 atom stereocenters. The van der Waals surface area contributed by atoms with E-state index >= 15 is 0 Å². The number of sulfonamides is 1. The Morgan fingerprint density at radius 1 is 1.08 bits per heavy atom. The molecule has 0 heterocycles. The van der Waals surface area contributed by atoms with Gasteiger partial charge in [0.15, 0.2) is 0 Å². The minimum Gasteiger partial charge on any atom is -0.466 e. The van der Waals surface area contributed by atoms with E-state index in [2.05, 4.69) is 15.9 Å². The lowest BCUT2D eigenvalue weighted by Crippen LogP contribution is -2.33. The van der Waals surface area contributed by atoms with Crippen LogP contribution in [0.5, 0.6) is 0 Å². The number of benzene rings is 2. The van der Waals surface area contributed by atoms with E-state index in [1.807, 2.05) is 30.3 Å². The summed E-state index contributed by atoms with van der Waals surface area (Å²) in [6.07, 6.45) is 0.0103. The van der Waals surface area contributed by atoms with Crippen LogP contribution in [0.1, 0.15) is 18.9 Å². The summed E-state index contributed by atoms with van der Waals surface area (Å²) in [6.45, 7) is 2.25. The second-order valence-electron chi connectivity index (χ2n) is 5.33. The van der Waals surface area contributed by atoms with E-state index in [1.54, 1.807) is 31.2 Å². The maximum absolute atomic E-state index is 13.0. The van der Waals surface area contributed by atoms with E-state index in [4.69, 9.17) is 4.74 Å². The van der Waals surface area contributed by atoms with Crippen molar-refractivity contribution in [2.75, 3.05) is 13.2 Å². The van der Waals surface area contributed by atoms with Crippen molar-refractivity contribution in [1.29, 1.82) is 0 Å². The number of hydrogen-bond donors (Lipinski definition) is 0. The van der Waals surface area contributed by atoms with Crippen molar-refractivity contribution in [3.63, 3.8) is 0 Å². The van der Waals surface area contributed by atoms with Gasteiger partial charge in [-0.1, -0.05) is 46.3 Å². The Kier molecular flexibility index (Phi) is 7.16. The summed E-state index contributed by atoms with van der Waals surface area (Å²) in [5, 5.41) is 0. The molecule has 0 aliphatic heterocycles. The number of carbonyl (C=O) groups is 1.